The smallest absolute Gasteiger partial charge is 0.323 e. The minimum absolute atomic E-state index is 0.0592. The largest absolute Gasteiger partial charge is 0.497 e. The van der Waals surface area contributed by atoms with Crippen molar-refractivity contribution in [1.82, 2.24) is 9.38 Å². The van der Waals surface area contributed by atoms with Crippen molar-refractivity contribution in [3.05, 3.63) is 88.5 Å². The van der Waals surface area contributed by atoms with Gasteiger partial charge in [-0.15, -0.1) is 0 Å². The third-order valence-corrected chi connectivity index (χ3v) is 5.04. The first-order valence-corrected chi connectivity index (χ1v) is 10.5. The molecule has 0 fully saturated rings. The van der Waals surface area contributed by atoms with Crippen molar-refractivity contribution in [2.75, 3.05) is 24.9 Å². The monoisotopic (exact) mass is 460 g/mol. The van der Waals surface area contributed by atoms with Crippen molar-refractivity contribution in [3.63, 3.8) is 0 Å². The van der Waals surface area contributed by atoms with E-state index in [9.17, 15) is 9.59 Å². The van der Waals surface area contributed by atoms with Gasteiger partial charge < -0.3 is 24.8 Å². The number of aryl methyl sites for hydroxylation is 1. The molecule has 2 N–H and O–H groups in total. The van der Waals surface area contributed by atoms with Crippen LogP contribution in [0.2, 0.25) is 0 Å². The number of fused-ring (bicyclic) bond motifs is 1. The molecule has 0 atom stereocenters. The predicted molar refractivity (Wildman–Crippen MR) is 129 cm³/mol. The van der Waals surface area contributed by atoms with Gasteiger partial charge in [-0.3, -0.25) is 9.20 Å². The molecule has 2 amide bonds. The van der Waals surface area contributed by atoms with Crippen LogP contribution in [0.4, 0.5) is 16.2 Å². The van der Waals surface area contributed by atoms with Gasteiger partial charge in [0.2, 0.25) is 0 Å². The van der Waals surface area contributed by atoms with Gasteiger partial charge in [-0.2, -0.15) is 0 Å². The number of nitrogens with one attached hydrogen (secondary N) is 2. The average Bonchev–Trinajstić information content (AvgIpc) is 2.83. The van der Waals surface area contributed by atoms with Crippen LogP contribution < -0.4 is 30.4 Å². The summed E-state index contributed by atoms with van der Waals surface area (Å²) in [6.07, 6.45) is 1.69. The zero-order chi connectivity index (χ0) is 24.1. The number of anilines is 2. The van der Waals surface area contributed by atoms with Crippen LogP contribution in [0.15, 0.2) is 71.7 Å². The summed E-state index contributed by atoms with van der Waals surface area (Å²) in [6.45, 7) is 1.99. The normalized spacial score (nSPS) is 10.6. The highest BCUT2D eigenvalue weighted by atomic mass is 16.5. The van der Waals surface area contributed by atoms with Gasteiger partial charge in [-0.1, -0.05) is 12.1 Å². The Bertz CT molecular complexity index is 1400. The second-order valence-electron chi connectivity index (χ2n) is 7.45. The number of hydrogen-bond donors (Lipinski definition) is 2. The Kier molecular flexibility index (Phi) is 6.63. The van der Waals surface area contributed by atoms with E-state index >= 15 is 0 Å². The van der Waals surface area contributed by atoms with Gasteiger partial charge in [0, 0.05) is 18.3 Å². The van der Waals surface area contributed by atoms with Crippen molar-refractivity contribution >= 4 is 23.1 Å². The SMILES string of the molecule is COc1ccc(OC)c(NC(=O)Nc2ccccc2OCc2cc(=O)n3ccc(C)cc3n2)c1. The number of rotatable bonds is 7. The molecule has 2 aromatic carbocycles. The number of urea groups is 1. The van der Waals surface area contributed by atoms with Crippen molar-refractivity contribution < 1.29 is 19.0 Å². The molecule has 0 bridgehead atoms. The molecule has 2 heterocycles. The number of hydrogen-bond acceptors (Lipinski definition) is 6. The maximum absolute atomic E-state index is 12.7. The number of amides is 2. The highest BCUT2D eigenvalue weighted by molar-refractivity contribution is 6.01. The van der Waals surface area contributed by atoms with Crippen LogP contribution in [-0.2, 0) is 6.61 Å². The maximum atomic E-state index is 12.7. The summed E-state index contributed by atoms with van der Waals surface area (Å²) >= 11 is 0. The first-order chi connectivity index (χ1) is 16.5. The Labute approximate surface area is 195 Å². The topological polar surface area (TPSA) is 103 Å². The van der Waals surface area contributed by atoms with Crippen LogP contribution in [-0.4, -0.2) is 29.6 Å². The molecule has 174 valence electrons. The second kappa shape index (κ2) is 9.95. The molecule has 0 spiro atoms. The highest BCUT2D eigenvalue weighted by Crippen LogP contribution is 2.30. The Balaban J connectivity index is 1.49. The molecule has 4 rings (SSSR count). The van der Waals surface area contributed by atoms with E-state index < -0.39 is 6.03 Å². The molecule has 2 aromatic heterocycles. The predicted octanol–water partition coefficient (Wildman–Crippen LogP) is 4.24. The molecule has 4 aromatic rings. The Morgan fingerprint density at radius 3 is 2.53 bits per heavy atom. The van der Waals surface area contributed by atoms with Crippen molar-refractivity contribution in [2.45, 2.75) is 13.5 Å². The maximum Gasteiger partial charge on any atom is 0.323 e. The number of methoxy groups -OCH3 is 2. The molecule has 0 aliphatic rings. The van der Waals surface area contributed by atoms with E-state index in [4.69, 9.17) is 14.2 Å². The lowest BCUT2D eigenvalue weighted by Crippen LogP contribution is -2.20. The van der Waals surface area contributed by atoms with E-state index in [-0.39, 0.29) is 12.2 Å². The summed E-state index contributed by atoms with van der Waals surface area (Å²) in [5, 5.41) is 5.53. The second-order valence-corrected chi connectivity index (χ2v) is 7.45. The van der Waals surface area contributed by atoms with Gasteiger partial charge in [-0.05, 0) is 48.9 Å². The summed E-state index contributed by atoms with van der Waals surface area (Å²) < 4.78 is 17.9. The molecule has 0 aliphatic carbocycles. The molecule has 9 heteroatoms. The number of ether oxygens (including phenoxy) is 3. The van der Waals surface area contributed by atoms with Crippen molar-refractivity contribution in [2.24, 2.45) is 0 Å². The number of carbonyl (C=O) groups is 1. The number of nitrogens with zero attached hydrogens (tertiary/aromatic N) is 2. The van der Waals surface area contributed by atoms with Crippen LogP contribution in [0, 0.1) is 6.92 Å². The lowest BCUT2D eigenvalue weighted by atomic mass is 10.2. The van der Waals surface area contributed by atoms with E-state index in [1.807, 2.05) is 19.1 Å². The first-order valence-electron chi connectivity index (χ1n) is 10.5. The first kappa shape index (κ1) is 22.7. The van der Waals surface area contributed by atoms with Crippen LogP contribution in [0.25, 0.3) is 5.65 Å². The molecule has 0 unspecified atom stereocenters. The lowest BCUT2D eigenvalue weighted by Gasteiger charge is -2.15. The lowest BCUT2D eigenvalue weighted by molar-refractivity contribution is 0.261. The molecule has 0 saturated carbocycles. The van der Waals surface area contributed by atoms with Gasteiger partial charge >= 0.3 is 6.03 Å². The standard InChI is InChI=1S/C25H24N4O5/c1-16-10-11-29-23(12-16)26-17(13-24(29)30)15-34-22-7-5-4-6-19(22)27-25(31)28-20-14-18(32-2)8-9-21(20)33-3/h4-14H,15H2,1-3H3,(H2,27,28,31). The van der Waals surface area contributed by atoms with E-state index in [1.165, 1.54) is 17.6 Å². The number of aromatic nitrogens is 2. The molecular formula is C25H24N4O5. The fraction of sp³-hybridized carbons (Fsp3) is 0.160. The Hall–Kier alpha value is -4.53. The quantitative estimate of drug-likeness (QED) is 0.428. The Morgan fingerprint density at radius 2 is 1.74 bits per heavy atom. The summed E-state index contributed by atoms with van der Waals surface area (Å²) in [5.41, 5.74) is 2.74. The summed E-state index contributed by atoms with van der Waals surface area (Å²) in [7, 11) is 3.06. The van der Waals surface area contributed by atoms with Crippen molar-refractivity contribution in [3.8, 4) is 17.2 Å². The zero-order valence-electron chi connectivity index (χ0n) is 19.0. The van der Waals surface area contributed by atoms with Gasteiger partial charge in [-0.25, -0.2) is 9.78 Å². The number of pyridine rings is 1. The van der Waals surface area contributed by atoms with Gasteiger partial charge in [0.15, 0.2) is 0 Å². The third-order valence-electron chi connectivity index (χ3n) is 5.04. The average molecular weight is 460 g/mol. The molecule has 0 saturated heterocycles. The van der Waals surface area contributed by atoms with Gasteiger partial charge in [0.05, 0.1) is 31.3 Å². The van der Waals surface area contributed by atoms with E-state index in [0.29, 0.717) is 40.0 Å². The summed E-state index contributed by atoms with van der Waals surface area (Å²) in [4.78, 5) is 29.6. The third kappa shape index (κ3) is 5.09. The number of benzene rings is 2. The van der Waals surface area contributed by atoms with E-state index in [0.717, 1.165) is 5.56 Å². The molecule has 0 aliphatic heterocycles. The zero-order valence-corrected chi connectivity index (χ0v) is 19.0. The molecule has 0 radical (unpaired) electrons. The Morgan fingerprint density at radius 1 is 0.941 bits per heavy atom. The molecule has 9 nitrogen and oxygen atoms in total. The van der Waals surface area contributed by atoms with E-state index in [2.05, 4.69) is 15.6 Å². The van der Waals surface area contributed by atoms with Crippen LogP contribution >= 0.6 is 0 Å². The number of carbonyl (C=O) groups excluding carboxylic acids is 1. The van der Waals surface area contributed by atoms with Crippen LogP contribution in [0.1, 0.15) is 11.3 Å². The van der Waals surface area contributed by atoms with Crippen LogP contribution in [0.3, 0.4) is 0 Å². The fourth-order valence-corrected chi connectivity index (χ4v) is 3.36. The number of para-hydroxylation sites is 2. The molecular weight excluding hydrogens is 436 g/mol. The minimum Gasteiger partial charge on any atom is -0.497 e. The minimum atomic E-state index is -0.486. The van der Waals surface area contributed by atoms with Crippen molar-refractivity contribution in [1.29, 1.82) is 0 Å². The summed E-state index contributed by atoms with van der Waals surface area (Å²) in [6, 6.07) is 16.7. The fourth-order valence-electron chi connectivity index (χ4n) is 3.36. The highest BCUT2D eigenvalue weighted by Gasteiger charge is 2.12. The molecule has 34 heavy (non-hydrogen) atoms. The van der Waals surface area contributed by atoms with Crippen LogP contribution in [0.5, 0.6) is 17.2 Å². The van der Waals surface area contributed by atoms with Gasteiger partial charge in [0.1, 0.15) is 29.5 Å². The van der Waals surface area contributed by atoms with Gasteiger partial charge in [0.25, 0.3) is 5.56 Å². The summed E-state index contributed by atoms with van der Waals surface area (Å²) in [5.74, 6) is 1.50. The van der Waals surface area contributed by atoms with E-state index in [1.54, 1.807) is 55.8 Å².